The Hall–Kier alpha value is 1.45. The Labute approximate surface area is 85.1 Å². The zero-order valence-corrected chi connectivity index (χ0v) is 16.7. The summed E-state index contributed by atoms with van der Waals surface area (Å²) in [6.07, 6.45) is 2.31. The Balaban J connectivity index is 3.56. The van der Waals surface area contributed by atoms with Crippen LogP contribution in [0, 0.1) is 0 Å². The molecule has 0 nitrogen and oxygen atoms in total. The highest BCUT2D eigenvalue weighted by molar-refractivity contribution is 6.63. The first-order valence-electron chi connectivity index (χ1n) is 3.59. The summed E-state index contributed by atoms with van der Waals surface area (Å²) in [5, 5.41) is 0. The molecule has 0 aliphatic rings. The molecule has 6 heteroatoms. The van der Waals surface area contributed by atoms with Crippen LogP contribution in [0.2, 0.25) is 0 Å². The van der Waals surface area contributed by atoms with Crippen LogP contribution in [0.4, 0.5) is 0 Å². The Bertz CT molecular complexity index is 88.8. The summed E-state index contributed by atoms with van der Waals surface area (Å²) in [7, 11) is 4.48. The second kappa shape index (κ2) is 3.91. The van der Waals surface area contributed by atoms with E-state index in [4.69, 9.17) is 23.2 Å². The lowest BCUT2D eigenvalue weighted by Gasteiger charge is -2.21. The van der Waals surface area contributed by atoms with Crippen molar-refractivity contribution in [3.8, 4) is 0 Å². The van der Waals surface area contributed by atoms with Crippen molar-refractivity contribution in [3.63, 3.8) is 0 Å². The minimum Gasteiger partial charge on any atom is -0.129 e. The molecule has 0 amide bonds. The average Bonchev–Trinajstić information content (AvgIpc) is 1.57. The van der Waals surface area contributed by atoms with E-state index in [0.717, 1.165) is 53.8 Å². The van der Waals surface area contributed by atoms with Gasteiger partial charge in [-0.05, 0) is 12.8 Å². The number of alkyl halides is 2. The molecular weight excluding hydrogens is 231 g/mol. The van der Waals surface area contributed by atoms with Gasteiger partial charge in [0.2, 0.25) is 0 Å². The molecule has 0 rings (SSSR count). The molecule has 0 unspecified atom stereocenters. The summed E-state index contributed by atoms with van der Waals surface area (Å²) < 4.78 is 0.434. The van der Waals surface area contributed by atoms with Crippen LogP contribution in [-0.2, 0) is 0 Å². The second-order valence-electron chi connectivity index (χ2n) is 3.94. The van der Waals surface area contributed by atoms with Crippen LogP contribution in [0.3, 0.4) is 0 Å². The summed E-state index contributed by atoms with van der Waals surface area (Å²) in [6.45, 7) is 0. The summed E-state index contributed by atoms with van der Waals surface area (Å²) in [6, 6.07) is 0. The van der Waals surface area contributed by atoms with E-state index in [1.54, 1.807) is 0 Å². The minimum atomic E-state index is 0.217. The normalized spacial score (nSPS) is 24.6. The number of halogens is 2. The molecule has 62 valence electrons. The first-order chi connectivity index (χ1) is 4.21. The molecule has 0 spiro atoms. The van der Waals surface area contributed by atoms with Crippen molar-refractivity contribution in [3.05, 3.63) is 0 Å². The molecule has 10 heavy (non-hydrogen) atoms. The second-order valence-corrected chi connectivity index (χ2v) is 21.3. The molecule has 0 saturated carbocycles. The van der Waals surface area contributed by atoms with Crippen molar-refractivity contribution in [1.29, 1.82) is 0 Å². The Kier molecular flexibility index (Phi) is 4.47. The maximum absolute atomic E-state index is 6.13. The quantitative estimate of drug-likeness (QED) is 0.369. The smallest absolute Gasteiger partial charge is 0.0244 e. The fourth-order valence-corrected chi connectivity index (χ4v) is 1.78. The molecule has 0 atom stereocenters. The average molecular weight is 247 g/mol. The van der Waals surface area contributed by atoms with E-state index >= 15 is 0 Å². The van der Waals surface area contributed by atoms with Crippen LogP contribution < -0.4 is 0 Å². The summed E-state index contributed by atoms with van der Waals surface area (Å²) in [4.78, 5) is 0. The van der Waals surface area contributed by atoms with Gasteiger partial charge in [0, 0.05) is 49.2 Å². The summed E-state index contributed by atoms with van der Waals surface area (Å²) >= 11 is 12.3. The number of hydrogen-bond donors (Lipinski definition) is 0. The lowest BCUT2D eigenvalue weighted by molar-refractivity contribution is 0.771. The predicted molar refractivity (Wildman–Crippen MR) is 66.2 cm³/mol. The van der Waals surface area contributed by atoms with E-state index in [1.807, 2.05) is 0 Å². The van der Waals surface area contributed by atoms with E-state index in [1.165, 1.54) is 0 Å². The maximum Gasteiger partial charge on any atom is 0.0244 e. The highest BCUT2D eigenvalue weighted by Crippen LogP contribution is 2.20. The first-order valence-corrected chi connectivity index (χ1v) is 8.34. The maximum atomic E-state index is 6.13. The fourth-order valence-electron chi connectivity index (χ4n) is 0.594. The third kappa shape index (κ3) is 9.45. The minimum absolute atomic E-state index is 0.217. The lowest BCUT2D eigenvalue weighted by Crippen LogP contribution is -2.29. The van der Waals surface area contributed by atoms with Crippen LogP contribution in [0.1, 0.15) is 12.8 Å². The van der Waals surface area contributed by atoms with Gasteiger partial charge in [-0.1, -0.05) is 0 Å². The molecule has 0 aliphatic heterocycles. The first kappa shape index (κ1) is 11.4. The van der Waals surface area contributed by atoms with E-state index in [0.29, 0.717) is 0 Å². The Morgan fingerprint density at radius 1 is 0.800 bits per heavy atom. The van der Waals surface area contributed by atoms with Gasteiger partial charge in [-0.15, -0.1) is 23.2 Å². The molecular formula is C4H16Cl2Si4. The van der Waals surface area contributed by atoms with Crippen molar-refractivity contribution in [1.82, 2.24) is 0 Å². The van der Waals surface area contributed by atoms with Gasteiger partial charge < -0.3 is 0 Å². The zero-order valence-electron chi connectivity index (χ0n) is 7.17. The fraction of sp³-hybridized carbons (Fsp3) is 1.00. The molecule has 0 aromatic heterocycles. The monoisotopic (exact) mass is 246 g/mol. The third-order valence-corrected chi connectivity index (χ3v) is 3.69. The topological polar surface area (TPSA) is 0 Å². The van der Waals surface area contributed by atoms with Gasteiger partial charge in [0.15, 0.2) is 0 Å². The molecule has 0 saturated heterocycles. The van der Waals surface area contributed by atoms with Crippen molar-refractivity contribution >= 4 is 64.2 Å². The van der Waals surface area contributed by atoms with Gasteiger partial charge >= 0.3 is 0 Å². The van der Waals surface area contributed by atoms with Gasteiger partial charge in [0.1, 0.15) is 0 Å². The van der Waals surface area contributed by atoms with Crippen molar-refractivity contribution in [2.24, 2.45) is 0 Å². The predicted octanol–water partition coefficient (Wildman–Crippen LogP) is -2.99. The molecule has 0 fully saturated rings. The van der Waals surface area contributed by atoms with Crippen LogP contribution in [0.15, 0.2) is 0 Å². The SMILES string of the molecule is [SiH3]C([SiH3])(Cl)CCC([SiH3])([SiH3])Cl. The Morgan fingerprint density at radius 3 is 1.10 bits per heavy atom. The molecule has 0 radical (unpaired) electrons. The molecule has 0 N–H and O–H groups in total. The van der Waals surface area contributed by atoms with Gasteiger partial charge in [-0.3, -0.25) is 0 Å². The van der Waals surface area contributed by atoms with Crippen molar-refractivity contribution in [2.45, 2.75) is 21.1 Å². The highest BCUT2D eigenvalue weighted by Gasteiger charge is 2.19. The number of hydrogen-bond acceptors (Lipinski definition) is 0. The molecule has 0 bridgehead atoms. The van der Waals surface area contributed by atoms with Gasteiger partial charge in [0.25, 0.3) is 0 Å². The highest BCUT2D eigenvalue weighted by atomic mass is 35.5. The van der Waals surface area contributed by atoms with Crippen LogP contribution in [0.25, 0.3) is 0 Å². The van der Waals surface area contributed by atoms with E-state index in [2.05, 4.69) is 0 Å². The lowest BCUT2D eigenvalue weighted by atomic mass is 10.3. The largest absolute Gasteiger partial charge is 0.129 e. The third-order valence-electron chi connectivity index (χ3n) is 1.31. The number of rotatable bonds is 3. The standard InChI is InChI=1S/C4H16Cl2Si4/c5-3(7,8)1-2-4(6,9)10/h1-2H2,7-10H3. The van der Waals surface area contributed by atoms with Gasteiger partial charge in [0.05, 0.1) is 0 Å². The van der Waals surface area contributed by atoms with Gasteiger partial charge in [-0.2, -0.15) is 0 Å². The van der Waals surface area contributed by atoms with E-state index in [9.17, 15) is 0 Å². The van der Waals surface area contributed by atoms with Gasteiger partial charge in [-0.25, -0.2) is 0 Å². The molecule has 0 aliphatic carbocycles. The summed E-state index contributed by atoms with van der Waals surface area (Å²) in [5.41, 5.74) is 0. The molecule has 0 aromatic rings. The van der Waals surface area contributed by atoms with Crippen molar-refractivity contribution < 1.29 is 0 Å². The van der Waals surface area contributed by atoms with Crippen molar-refractivity contribution in [2.75, 3.05) is 0 Å². The zero-order chi connectivity index (χ0) is 8.41. The summed E-state index contributed by atoms with van der Waals surface area (Å²) in [5.74, 6) is 0. The molecule has 0 aromatic carbocycles. The molecule has 0 heterocycles. The van der Waals surface area contributed by atoms with E-state index in [-0.39, 0.29) is 8.24 Å². The van der Waals surface area contributed by atoms with Crippen LogP contribution in [-0.4, -0.2) is 49.2 Å². The van der Waals surface area contributed by atoms with E-state index < -0.39 is 0 Å². The van der Waals surface area contributed by atoms with Crippen LogP contribution in [0.5, 0.6) is 0 Å². The Morgan fingerprint density at radius 2 is 1.00 bits per heavy atom. The van der Waals surface area contributed by atoms with Crippen LogP contribution >= 0.6 is 23.2 Å².